The molecule has 0 aliphatic carbocycles. The Kier molecular flexibility index (Phi) is 5.30. The van der Waals surface area contributed by atoms with Crippen LogP contribution in [0.15, 0.2) is 37.1 Å². The van der Waals surface area contributed by atoms with Crippen LogP contribution < -0.4 is 15.5 Å². The molecule has 7 nitrogen and oxygen atoms in total. The van der Waals surface area contributed by atoms with Crippen molar-refractivity contribution < 1.29 is 4.79 Å². The van der Waals surface area contributed by atoms with Gasteiger partial charge in [-0.3, -0.25) is 0 Å². The lowest BCUT2D eigenvalue weighted by Gasteiger charge is -2.17. The highest BCUT2D eigenvalue weighted by Crippen LogP contribution is 2.17. The lowest BCUT2D eigenvalue weighted by Crippen LogP contribution is -2.42. The molecule has 2 amide bonds. The predicted molar refractivity (Wildman–Crippen MR) is 92.7 cm³/mol. The van der Waals surface area contributed by atoms with Gasteiger partial charge in [-0.25, -0.2) is 14.8 Å². The summed E-state index contributed by atoms with van der Waals surface area (Å²) in [6.45, 7) is 5.30. The minimum Gasteiger partial charge on any atom is -0.357 e. The van der Waals surface area contributed by atoms with Crippen LogP contribution in [0.4, 0.5) is 10.6 Å². The number of imidazole rings is 1. The average molecular weight is 328 g/mol. The Morgan fingerprint density at radius 1 is 1.33 bits per heavy atom. The van der Waals surface area contributed by atoms with Gasteiger partial charge in [-0.05, 0) is 31.4 Å². The standard InChI is InChI=1S/C17H24N6O/c1-14(12-22-9-6-18-13-22)21-17(24)20-11-15-4-5-16(19-10-15)23-7-2-3-8-23/h4-6,9-10,13-14H,2-3,7-8,11-12H2,1H3,(H2,20,21,24)/t14-/m1/s1. The van der Waals surface area contributed by atoms with E-state index in [2.05, 4.69) is 25.5 Å². The summed E-state index contributed by atoms with van der Waals surface area (Å²) in [4.78, 5) is 22.7. The van der Waals surface area contributed by atoms with Gasteiger partial charge in [0.15, 0.2) is 0 Å². The van der Waals surface area contributed by atoms with E-state index in [1.807, 2.05) is 36.0 Å². The zero-order valence-corrected chi connectivity index (χ0v) is 14.0. The number of urea groups is 1. The summed E-state index contributed by atoms with van der Waals surface area (Å²) in [5.41, 5.74) is 0.996. The van der Waals surface area contributed by atoms with Gasteiger partial charge in [0.05, 0.1) is 6.33 Å². The number of carbonyl (C=O) groups excluding carboxylic acids is 1. The first-order valence-corrected chi connectivity index (χ1v) is 8.41. The Labute approximate surface area is 142 Å². The molecule has 2 aromatic rings. The largest absolute Gasteiger partial charge is 0.357 e. The van der Waals surface area contributed by atoms with E-state index in [4.69, 9.17) is 0 Å². The molecule has 3 heterocycles. The molecule has 3 rings (SSSR count). The van der Waals surface area contributed by atoms with E-state index in [9.17, 15) is 4.79 Å². The fraction of sp³-hybridized carbons (Fsp3) is 0.471. The Morgan fingerprint density at radius 2 is 2.17 bits per heavy atom. The van der Waals surface area contributed by atoms with Gasteiger partial charge in [-0.1, -0.05) is 6.07 Å². The van der Waals surface area contributed by atoms with Crippen molar-refractivity contribution in [2.75, 3.05) is 18.0 Å². The van der Waals surface area contributed by atoms with Crippen molar-refractivity contribution in [3.05, 3.63) is 42.6 Å². The number of carbonyl (C=O) groups is 1. The summed E-state index contributed by atoms with van der Waals surface area (Å²) in [5.74, 6) is 1.02. The van der Waals surface area contributed by atoms with Gasteiger partial charge >= 0.3 is 6.03 Å². The highest BCUT2D eigenvalue weighted by atomic mass is 16.2. The Morgan fingerprint density at radius 3 is 2.83 bits per heavy atom. The lowest BCUT2D eigenvalue weighted by molar-refractivity contribution is 0.236. The highest BCUT2D eigenvalue weighted by Gasteiger charge is 2.13. The van der Waals surface area contributed by atoms with Crippen molar-refractivity contribution in [2.24, 2.45) is 0 Å². The van der Waals surface area contributed by atoms with Crippen LogP contribution in [0.3, 0.4) is 0 Å². The molecule has 1 aliphatic heterocycles. The number of nitrogens with zero attached hydrogens (tertiary/aromatic N) is 4. The molecule has 1 fully saturated rings. The quantitative estimate of drug-likeness (QED) is 0.847. The Bertz CT molecular complexity index is 634. The van der Waals surface area contributed by atoms with Gasteiger partial charge in [0.25, 0.3) is 0 Å². The van der Waals surface area contributed by atoms with Gasteiger partial charge in [-0.15, -0.1) is 0 Å². The molecule has 1 aliphatic rings. The lowest BCUT2D eigenvalue weighted by atomic mass is 10.2. The summed E-state index contributed by atoms with van der Waals surface area (Å²) in [5, 5.41) is 5.79. The average Bonchev–Trinajstić information content (AvgIpc) is 3.27. The second-order valence-electron chi connectivity index (χ2n) is 6.21. The third-order valence-corrected chi connectivity index (χ3v) is 4.11. The number of nitrogens with one attached hydrogen (secondary N) is 2. The van der Waals surface area contributed by atoms with Crippen LogP contribution in [-0.2, 0) is 13.1 Å². The smallest absolute Gasteiger partial charge is 0.315 e. The molecule has 0 aromatic carbocycles. The second kappa shape index (κ2) is 7.81. The van der Waals surface area contributed by atoms with Crippen molar-refractivity contribution in [1.82, 2.24) is 25.2 Å². The molecule has 0 unspecified atom stereocenters. The van der Waals surface area contributed by atoms with Crippen LogP contribution in [0.2, 0.25) is 0 Å². The van der Waals surface area contributed by atoms with E-state index in [0.29, 0.717) is 13.1 Å². The van der Waals surface area contributed by atoms with E-state index in [1.54, 1.807) is 12.5 Å². The molecule has 128 valence electrons. The summed E-state index contributed by atoms with van der Waals surface area (Å²) >= 11 is 0. The second-order valence-corrected chi connectivity index (χ2v) is 6.21. The number of hydrogen-bond acceptors (Lipinski definition) is 4. The molecule has 24 heavy (non-hydrogen) atoms. The van der Waals surface area contributed by atoms with Crippen molar-refractivity contribution in [3.8, 4) is 0 Å². The maximum Gasteiger partial charge on any atom is 0.315 e. The molecule has 0 bridgehead atoms. The van der Waals surface area contributed by atoms with E-state index in [1.165, 1.54) is 12.8 Å². The van der Waals surface area contributed by atoms with Crippen molar-refractivity contribution in [1.29, 1.82) is 0 Å². The molecule has 2 aromatic heterocycles. The monoisotopic (exact) mass is 328 g/mol. The van der Waals surface area contributed by atoms with Crippen molar-refractivity contribution in [3.63, 3.8) is 0 Å². The van der Waals surface area contributed by atoms with Gasteiger partial charge in [-0.2, -0.15) is 0 Å². The number of rotatable bonds is 6. The molecular formula is C17H24N6O. The fourth-order valence-corrected chi connectivity index (χ4v) is 2.87. The van der Waals surface area contributed by atoms with Crippen molar-refractivity contribution >= 4 is 11.8 Å². The number of anilines is 1. The minimum absolute atomic E-state index is 0.0230. The summed E-state index contributed by atoms with van der Waals surface area (Å²) in [7, 11) is 0. The van der Waals surface area contributed by atoms with E-state index in [0.717, 1.165) is 24.5 Å². The highest BCUT2D eigenvalue weighted by molar-refractivity contribution is 5.74. The Hall–Kier alpha value is -2.57. The first-order valence-electron chi connectivity index (χ1n) is 8.41. The van der Waals surface area contributed by atoms with E-state index in [-0.39, 0.29) is 12.1 Å². The van der Waals surface area contributed by atoms with Gasteiger partial charge in [0, 0.05) is 50.8 Å². The van der Waals surface area contributed by atoms with Crippen LogP contribution in [-0.4, -0.2) is 39.7 Å². The van der Waals surface area contributed by atoms with E-state index < -0.39 is 0 Å². The summed E-state index contributed by atoms with van der Waals surface area (Å²) in [6, 6.07) is 3.90. The first kappa shape index (κ1) is 16.3. The van der Waals surface area contributed by atoms with Crippen LogP contribution in [0.25, 0.3) is 0 Å². The number of pyridine rings is 1. The zero-order valence-electron chi connectivity index (χ0n) is 14.0. The third-order valence-electron chi connectivity index (χ3n) is 4.11. The summed E-state index contributed by atoms with van der Waals surface area (Å²) in [6.07, 6.45) is 9.66. The molecule has 7 heteroatoms. The summed E-state index contributed by atoms with van der Waals surface area (Å²) < 4.78 is 1.94. The molecule has 0 saturated carbocycles. The number of aromatic nitrogens is 3. The van der Waals surface area contributed by atoms with Gasteiger partial charge in [0.1, 0.15) is 5.82 Å². The molecule has 0 radical (unpaired) electrons. The molecule has 1 atom stereocenters. The predicted octanol–water partition coefficient (Wildman–Crippen LogP) is 1.77. The topological polar surface area (TPSA) is 75.1 Å². The zero-order chi connectivity index (χ0) is 16.8. The van der Waals surface area contributed by atoms with Gasteiger partial charge < -0.3 is 20.1 Å². The maximum atomic E-state index is 12.0. The van der Waals surface area contributed by atoms with Crippen molar-refractivity contribution in [2.45, 2.75) is 38.9 Å². The van der Waals surface area contributed by atoms with Gasteiger partial charge in [0.2, 0.25) is 0 Å². The number of amides is 2. The van der Waals surface area contributed by atoms with Crippen LogP contribution in [0.1, 0.15) is 25.3 Å². The number of hydrogen-bond donors (Lipinski definition) is 2. The van der Waals surface area contributed by atoms with E-state index >= 15 is 0 Å². The minimum atomic E-state index is -0.175. The van der Waals surface area contributed by atoms with Crippen LogP contribution >= 0.6 is 0 Å². The molecule has 1 saturated heterocycles. The SMILES string of the molecule is C[C@H](Cn1ccnc1)NC(=O)NCc1ccc(N2CCCC2)nc1. The van der Waals surface area contributed by atoms with Crippen LogP contribution in [0, 0.1) is 0 Å². The maximum absolute atomic E-state index is 12.0. The fourth-order valence-electron chi connectivity index (χ4n) is 2.87. The molecule has 0 spiro atoms. The normalized spacial score (nSPS) is 15.3. The third kappa shape index (κ3) is 4.47. The first-order chi connectivity index (χ1) is 11.7. The molecular weight excluding hydrogens is 304 g/mol. The van der Waals surface area contributed by atoms with Crippen LogP contribution in [0.5, 0.6) is 0 Å². The molecule has 2 N–H and O–H groups in total. The Balaban J connectivity index is 1.42.